The van der Waals surface area contributed by atoms with Crippen LogP contribution in [-0.4, -0.2) is 26.2 Å². The standard InChI is InChI=1S/C13H16N2O3S/c1-9-2-3-10(7-14)6-13(9)19(17,18)15-8-12(16)11-4-5-11/h2-3,6,11-12,15-16H,4-5,8H2,1H3. The molecule has 1 atom stereocenters. The Hall–Kier alpha value is -1.42. The molecule has 0 saturated heterocycles. The van der Waals surface area contributed by atoms with E-state index < -0.39 is 16.1 Å². The lowest BCUT2D eigenvalue weighted by atomic mass is 10.2. The Labute approximate surface area is 112 Å². The number of aliphatic hydroxyl groups excluding tert-OH is 1. The molecule has 1 saturated carbocycles. The zero-order chi connectivity index (χ0) is 14.0. The normalized spacial score (nSPS) is 16.9. The number of nitriles is 1. The summed E-state index contributed by atoms with van der Waals surface area (Å²) in [6, 6.07) is 6.44. The van der Waals surface area contributed by atoms with Crippen molar-refractivity contribution < 1.29 is 13.5 Å². The first kappa shape index (κ1) is 14.0. The van der Waals surface area contributed by atoms with E-state index in [9.17, 15) is 13.5 Å². The summed E-state index contributed by atoms with van der Waals surface area (Å²) >= 11 is 0. The Kier molecular flexibility index (Phi) is 3.90. The molecule has 0 radical (unpaired) electrons. The Bertz CT molecular complexity index is 615. The Morgan fingerprint density at radius 3 is 2.79 bits per heavy atom. The van der Waals surface area contributed by atoms with E-state index in [1.807, 2.05) is 6.07 Å². The van der Waals surface area contributed by atoms with Crippen LogP contribution >= 0.6 is 0 Å². The number of aryl methyl sites for hydroxylation is 1. The molecule has 1 aliphatic carbocycles. The minimum absolute atomic E-state index is 0.0171. The van der Waals surface area contributed by atoms with Crippen LogP contribution in [0, 0.1) is 24.2 Å². The first-order chi connectivity index (χ1) is 8.94. The van der Waals surface area contributed by atoms with E-state index in [0.717, 1.165) is 12.8 Å². The third-order valence-electron chi connectivity index (χ3n) is 3.26. The SMILES string of the molecule is Cc1ccc(C#N)cc1S(=O)(=O)NCC(O)C1CC1. The van der Waals surface area contributed by atoms with E-state index >= 15 is 0 Å². The van der Waals surface area contributed by atoms with Crippen molar-refractivity contribution in [2.45, 2.75) is 30.8 Å². The number of hydrogen-bond acceptors (Lipinski definition) is 4. The smallest absolute Gasteiger partial charge is 0.240 e. The summed E-state index contributed by atoms with van der Waals surface area (Å²) in [4.78, 5) is 0.0922. The van der Waals surface area contributed by atoms with Crippen LogP contribution in [0.15, 0.2) is 23.1 Å². The summed E-state index contributed by atoms with van der Waals surface area (Å²) in [5.74, 6) is 0.217. The van der Waals surface area contributed by atoms with Gasteiger partial charge in [-0.05, 0) is 43.4 Å². The van der Waals surface area contributed by atoms with Crippen LogP contribution < -0.4 is 4.72 Å². The molecule has 2 N–H and O–H groups in total. The fraction of sp³-hybridized carbons (Fsp3) is 0.462. The fourth-order valence-corrected chi connectivity index (χ4v) is 3.20. The van der Waals surface area contributed by atoms with Crippen LogP contribution in [0.5, 0.6) is 0 Å². The third kappa shape index (κ3) is 3.32. The first-order valence-electron chi connectivity index (χ1n) is 6.12. The van der Waals surface area contributed by atoms with Crippen LogP contribution in [0.25, 0.3) is 0 Å². The van der Waals surface area contributed by atoms with Crippen LogP contribution in [0.1, 0.15) is 24.0 Å². The maximum Gasteiger partial charge on any atom is 0.240 e. The maximum absolute atomic E-state index is 12.1. The van der Waals surface area contributed by atoms with Gasteiger partial charge in [0.25, 0.3) is 0 Å². The van der Waals surface area contributed by atoms with Crippen molar-refractivity contribution in [1.29, 1.82) is 5.26 Å². The fourth-order valence-electron chi connectivity index (χ4n) is 1.88. The highest BCUT2D eigenvalue weighted by molar-refractivity contribution is 7.89. The molecule has 1 aromatic carbocycles. The molecule has 1 unspecified atom stereocenters. The van der Waals surface area contributed by atoms with Crippen LogP contribution in [0.2, 0.25) is 0 Å². The number of rotatable bonds is 5. The second-order valence-electron chi connectivity index (χ2n) is 4.85. The second-order valence-corrected chi connectivity index (χ2v) is 6.58. The van der Waals surface area contributed by atoms with Gasteiger partial charge in [-0.25, -0.2) is 13.1 Å². The van der Waals surface area contributed by atoms with Crippen molar-refractivity contribution in [2.24, 2.45) is 5.92 Å². The molecule has 0 spiro atoms. The van der Waals surface area contributed by atoms with E-state index in [2.05, 4.69) is 4.72 Å². The molecule has 102 valence electrons. The monoisotopic (exact) mass is 280 g/mol. The number of nitrogens with zero attached hydrogens (tertiary/aromatic N) is 1. The van der Waals surface area contributed by atoms with Gasteiger partial charge in [0.1, 0.15) is 0 Å². The molecule has 6 heteroatoms. The molecule has 1 aromatic rings. The lowest BCUT2D eigenvalue weighted by Crippen LogP contribution is -2.33. The molecule has 2 rings (SSSR count). The molecule has 0 bridgehead atoms. The highest BCUT2D eigenvalue weighted by Crippen LogP contribution is 2.32. The number of aliphatic hydroxyl groups is 1. The topological polar surface area (TPSA) is 90.2 Å². The van der Waals surface area contributed by atoms with E-state index in [1.165, 1.54) is 6.07 Å². The van der Waals surface area contributed by atoms with E-state index in [0.29, 0.717) is 11.1 Å². The van der Waals surface area contributed by atoms with Gasteiger partial charge in [0.05, 0.1) is 22.6 Å². The molecule has 0 amide bonds. The average Bonchev–Trinajstić information content (AvgIpc) is 3.20. The Balaban J connectivity index is 2.16. The van der Waals surface area contributed by atoms with Crippen molar-refractivity contribution in [2.75, 3.05) is 6.54 Å². The molecular weight excluding hydrogens is 264 g/mol. The van der Waals surface area contributed by atoms with Crippen molar-refractivity contribution in [3.63, 3.8) is 0 Å². The summed E-state index contributed by atoms with van der Waals surface area (Å²) < 4.78 is 26.7. The number of benzene rings is 1. The molecule has 0 aromatic heterocycles. The van der Waals surface area contributed by atoms with E-state index in [-0.39, 0.29) is 17.4 Å². The highest BCUT2D eigenvalue weighted by Gasteiger charge is 2.30. The van der Waals surface area contributed by atoms with Crippen molar-refractivity contribution in [3.05, 3.63) is 29.3 Å². The van der Waals surface area contributed by atoms with Gasteiger partial charge < -0.3 is 5.11 Å². The maximum atomic E-state index is 12.1. The Morgan fingerprint density at radius 1 is 1.53 bits per heavy atom. The lowest BCUT2D eigenvalue weighted by molar-refractivity contribution is 0.155. The van der Waals surface area contributed by atoms with E-state index in [1.54, 1.807) is 19.1 Å². The van der Waals surface area contributed by atoms with Gasteiger partial charge >= 0.3 is 0 Å². The van der Waals surface area contributed by atoms with Crippen molar-refractivity contribution >= 4 is 10.0 Å². The number of nitrogens with one attached hydrogen (secondary N) is 1. The van der Waals surface area contributed by atoms with Gasteiger partial charge in [-0.1, -0.05) is 6.07 Å². The first-order valence-corrected chi connectivity index (χ1v) is 7.61. The number of sulfonamides is 1. The Morgan fingerprint density at radius 2 is 2.21 bits per heavy atom. The summed E-state index contributed by atoms with van der Waals surface area (Å²) in [6.45, 7) is 1.69. The van der Waals surface area contributed by atoms with Gasteiger partial charge in [0, 0.05) is 6.54 Å². The molecule has 0 heterocycles. The van der Waals surface area contributed by atoms with Gasteiger partial charge in [0.2, 0.25) is 10.0 Å². The second kappa shape index (κ2) is 5.29. The molecular formula is C13H16N2O3S. The van der Waals surface area contributed by atoms with E-state index in [4.69, 9.17) is 5.26 Å². The van der Waals surface area contributed by atoms with Crippen LogP contribution in [-0.2, 0) is 10.0 Å². The van der Waals surface area contributed by atoms with Gasteiger partial charge in [-0.15, -0.1) is 0 Å². The third-order valence-corrected chi connectivity index (χ3v) is 4.82. The minimum Gasteiger partial charge on any atom is -0.391 e. The van der Waals surface area contributed by atoms with Crippen LogP contribution in [0.3, 0.4) is 0 Å². The summed E-state index contributed by atoms with van der Waals surface area (Å²) in [6.07, 6.45) is 1.27. The molecule has 1 aliphatic rings. The van der Waals surface area contributed by atoms with Crippen molar-refractivity contribution in [3.8, 4) is 6.07 Å². The molecule has 0 aliphatic heterocycles. The van der Waals surface area contributed by atoms with Gasteiger partial charge in [-0.2, -0.15) is 5.26 Å². The summed E-state index contributed by atoms with van der Waals surface area (Å²) in [5.41, 5.74) is 0.876. The van der Waals surface area contributed by atoms with Gasteiger partial charge in [-0.3, -0.25) is 0 Å². The zero-order valence-corrected chi connectivity index (χ0v) is 11.4. The predicted octanol–water partition coefficient (Wildman–Crippen LogP) is 0.916. The molecule has 5 nitrogen and oxygen atoms in total. The summed E-state index contributed by atoms with van der Waals surface area (Å²) in [7, 11) is -3.69. The number of hydrogen-bond donors (Lipinski definition) is 2. The molecule has 19 heavy (non-hydrogen) atoms. The lowest BCUT2D eigenvalue weighted by Gasteiger charge is -2.12. The van der Waals surface area contributed by atoms with Crippen LogP contribution in [0.4, 0.5) is 0 Å². The predicted molar refractivity (Wildman–Crippen MR) is 69.8 cm³/mol. The quantitative estimate of drug-likeness (QED) is 0.839. The van der Waals surface area contributed by atoms with Crippen molar-refractivity contribution in [1.82, 2.24) is 4.72 Å². The zero-order valence-electron chi connectivity index (χ0n) is 10.6. The molecule has 1 fully saturated rings. The largest absolute Gasteiger partial charge is 0.391 e. The van der Waals surface area contributed by atoms with Gasteiger partial charge in [0.15, 0.2) is 0 Å². The average molecular weight is 280 g/mol. The highest BCUT2D eigenvalue weighted by atomic mass is 32.2. The minimum atomic E-state index is -3.69. The summed E-state index contributed by atoms with van der Waals surface area (Å²) in [5, 5.41) is 18.5.